The van der Waals surface area contributed by atoms with E-state index in [2.05, 4.69) is 39.2 Å². The summed E-state index contributed by atoms with van der Waals surface area (Å²) in [6.07, 6.45) is 0.319. The quantitative estimate of drug-likeness (QED) is 0.103. The summed E-state index contributed by atoms with van der Waals surface area (Å²) in [7, 11) is 0.316. The van der Waals surface area contributed by atoms with Crippen LogP contribution in [-0.2, 0) is 31.4 Å². The number of methoxy groups -OCH3 is 2. The van der Waals surface area contributed by atoms with Crippen molar-refractivity contribution >= 4 is 43.6 Å². The highest BCUT2D eigenvalue weighted by molar-refractivity contribution is 7.98. The van der Waals surface area contributed by atoms with Crippen LogP contribution in [0, 0.1) is 17.0 Å². The Morgan fingerprint density at radius 1 is 1.11 bits per heavy atom. The van der Waals surface area contributed by atoms with Gasteiger partial charge in [0.25, 0.3) is 5.69 Å². The molecule has 2 N–H and O–H groups in total. The maximum absolute atomic E-state index is 13.7. The van der Waals surface area contributed by atoms with Crippen LogP contribution >= 0.6 is 11.8 Å². The van der Waals surface area contributed by atoms with E-state index in [-0.39, 0.29) is 53.9 Å². The van der Waals surface area contributed by atoms with E-state index in [9.17, 15) is 24.5 Å². The van der Waals surface area contributed by atoms with Gasteiger partial charge in [0.2, 0.25) is 14.2 Å². The predicted octanol–water partition coefficient (Wildman–Crippen LogP) is 5.32. The number of aliphatic hydroxyl groups excluding tert-OH is 1. The van der Waals surface area contributed by atoms with Crippen LogP contribution in [0.5, 0.6) is 11.5 Å². The average molecular weight is 665 g/mol. The minimum Gasteiger partial charge on any atom is -0.543 e. The summed E-state index contributed by atoms with van der Waals surface area (Å²) in [5.41, 5.74) is 1.83. The van der Waals surface area contributed by atoms with Crippen LogP contribution in [0.15, 0.2) is 30.3 Å². The molecule has 0 fully saturated rings. The number of esters is 2. The molecule has 0 radical (unpaired) electrons. The van der Waals surface area contributed by atoms with Gasteiger partial charge in [0.15, 0.2) is 0 Å². The fraction of sp³-hybridized carbons (Fsp3) is 0.516. The highest BCUT2D eigenvalue weighted by atomic mass is 32.2. The molecule has 0 aliphatic heterocycles. The summed E-state index contributed by atoms with van der Waals surface area (Å²) in [5, 5.41) is 22.5. The molecule has 0 heterocycles. The molecule has 0 aliphatic rings. The molecule has 45 heavy (non-hydrogen) atoms. The minimum absolute atomic E-state index is 0.0571. The third kappa shape index (κ3) is 10.5. The number of aliphatic hydroxyl groups is 1. The van der Waals surface area contributed by atoms with Gasteiger partial charge in [-0.05, 0) is 49.2 Å². The van der Waals surface area contributed by atoms with Crippen molar-refractivity contribution in [2.45, 2.75) is 77.1 Å². The van der Waals surface area contributed by atoms with E-state index in [1.807, 2.05) is 0 Å². The Kier molecular flexibility index (Phi) is 13.9. The molecule has 1 atom stereocenters. The highest BCUT2D eigenvalue weighted by Crippen LogP contribution is 2.42. The lowest BCUT2D eigenvalue weighted by Crippen LogP contribution is -2.44. The summed E-state index contributed by atoms with van der Waals surface area (Å²) in [4.78, 5) is 49.0. The SMILES string of the molecule is COC(=O)[C@H](CSCc1c(O[Si](C)(C)C(C)(C)C)cc(OC)c(C)c1C(=O)OCc1ccc([N+](=O)[O-])cc1)NC(=O)CCCO. The molecule has 2 rings (SSSR count). The van der Waals surface area contributed by atoms with Gasteiger partial charge in [0, 0.05) is 53.9 Å². The van der Waals surface area contributed by atoms with Gasteiger partial charge in [-0.25, -0.2) is 9.59 Å². The Morgan fingerprint density at radius 2 is 1.76 bits per heavy atom. The maximum atomic E-state index is 13.7. The molecule has 1 amide bonds. The molecule has 0 saturated carbocycles. The largest absolute Gasteiger partial charge is 0.543 e. The Labute approximate surface area is 269 Å². The number of amides is 1. The van der Waals surface area contributed by atoms with E-state index >= 15 is 0 Å². The number of rotatable bonds is 16. The fourth-order valence-electron chi connectivity index (χ4n) is 3.97. The first-order valence-corrected chi connectivity index (χ1v) is 18.5. The van der Waals surface area contributed by atoms with E-state index in [1.165, 1.54) is 50.2 Å². The molecule has 12 nitrogen and oxygen atoms in total. The van der Waals surface area contributed by atoms with Crippen LogP contribution < -0.4 is 14.5 Å². The van der Waals surface area contributed by atoms with Crippen molar-refractivity contribution in [1.82, 2.24) is 5.32 Å². The Balaban J connectivity index is 2.49. The van der Waals surface area contributed by atoms with Crippen molar-refractivity contribution in [3.63, 3.8) is 0 Å². The van der Waals surface area contributed by atoms with Gasteiger partial charge in [0.1, 0.15) is 24.1 Å². The van der Waals surface area contributed by atoms with Crippen LogP contribution in [0.1, 0.15) is 60.7 Å². The number of benzene rings is 2. The number of non-ortho nitro benzene ring substituents is 1. The lowest BCUT2D eigenvalue weighted by Gasteiger charge is -2.37. The van der Waals surface area contributed by atoms with Gasteiger partial charge < -0.3 is 29.1 Å². The number of ether oxygens (including phenoxy) is 3. The number of thioether (sulfide) groups is 1. The zero-order valence-corrected chi connectivity index (χ0v) is 29.0. The molecule has 248 valence electrons. The first-order valence-electron chi connectivity index (χ1n) is 14.4. The zero-order valence-electron chi connectivity index (χ0n) is 27.2. The molecule has 0 bridgehead atoms. The zero-order chi connectivity index (χ0) is 33.9. The summed E-state index contributed by atoms with van der Waals surface area (Å²) in [6.45, 7) is 11.9. The summed E-state index contributed by atoms with van der Waals surface area (Å²) >= 11 is 1.30. The molecule has 2 aromatic carbocycles. The maximum Gasteiger partial charge on any atom is 0.339 e. The first kappa shape index (κ1) is 37.6. The van der Waals surface area contributed by atoms with Gasteiger partial charge in [-0.2, -0.15) is 11.8 Å². The lowest BCUT2D eigenvalue weighted by molar-refractivity contribution is -0.384. The highest BCUT2D eigenvalue weighted by Gasteiger charge is 2.40. The van der Waals surface area contributed by atoms with Crippen molar-refractivity contribution in [2.75, 3.05) is 26.6 Å². The number of hydrogen-bond donors (Lipinski definition) is 2. The molecule has 0 aromatic heterocycles. The second-order valence-corrected chi connectivity index (χ2v) is 17.7. The third-order valence-electron chi connectivity index (χ3n) is 7.63. The molecule has 0 aliphatic carbocycles. The fourth-order valence-corrected chi connectivity index (χ4v) is 6.07. The Bertz CT molecular complexity index is 1360. The molecule has 0 unspecified atom stereocenters. The van der Waals surface area contributed by atoms with Crippen LogP contribution in [0.3, 0.4) is 0 Å². The monoisotopic (exact) mass is 664 g/mol. The van der Waals surface area contributed by atoms with Gasteiger partial charge in [0.05, 0.1) is 24.7 Å². The second-order valence-electron chi connectivity index (χ2n) is 11.9. The van der Waals surface area contributed by atoms with Crippen molar-refractivity contribution in [1.29, 1.82) is 0 Å². The number of nitrogens with zero attached hydrogens (tertiary/aromatic N) is 1. The number of nitro groups is 1. The van der Waals surface area contributed by atoms with E-state index in [0.717, 1.165) is 0 Å². The molecule has 2 aromatic rings. The van der Waals surface area contributed by atoms with E-state index in [4.69, 9.17) is 23.7 Å². The van der Waals surface area contributed by atoms with Gasteiger partial charge in [-0.3, -0.25) is 14.9 Å². The Morgan fingerprint density at radius 3 is 2.29 bits per heavy atom. The summed E-state index contributed by atoms with van der Waals surface area (Å²) in [5.74, 6) is -0.397. The lowest BCUT2D eigenvalue weighted by atomic mass is 10.0. The molecular weight excluding hydrogens is 620 g/mol. The van der Waals surface area contributed by atoms with E-state index in [0.29, 0.717) is 28.2 Å². The number of carbonyl (C=O) groups excluding carboxylic acids is 3. The van der Waals surface area contributed by atoms with E-state index in [1.54, 1.807) is 13.0 Å². The van der Waals surface area contributed by atoms with E-state index < -0.39 is 37.1 Å². The van der Waals surface area contributed by atoms with Crippen molar-refractivity contribution in [3.05, 3.63) is 62.7 Å². The second kappa shape index (κ2) is 16.6. The topological polar surface area (TPSA) is 164 Å². The number of nitrogens with one attached hydrogen (secondary N) is 1. The molecule has 0 spiro atoms. The first-order chi connectivity index (χ1) is 21.1. The van der Waals surface area contributed by atoms with Crippen LogP contribution in [-0.4, -0.2) is 68.8 Å². The van der Waals surface area contributed by atoms with Crippen LogP contribution in [0.2, 0.25) is 18.1 Å². The third-order valence-corrected chi connectivity index (χ3v) is 13.0. The normalized spacial score (nSPS) is 12.2. The number of nitro benzene ring substituents is 1. The minimum atomic E-state index is -2.42. The number of hydrogen-bond acceptors (Lipinski definition) is 11. The average Bonchev–Trinajstić information content (AvgIpc) is 2.98. The van der Waals surface area contributed by atoms with Crippen molar-refractivity contribution in [2.24, 2.45) is 0 Å². The standard InChI is InChI=1S/C31H44N2O10SSi/c1-20-25(40-5)16-26(43-45(7,8)31(2,3)4)23(18-44-19-24(29(36)41-6)32-27(35)10-9-15-34)28(20)30(37)42-17-21-11-13-22(14-12-21)33(38)39/h11-14,16,24,34H,9-10,15,17-19H2,1-8H3,(H,32,35)/t24-/m0/s1. The van der Waals surface area contributed by atoms with Crippen LogP contribution in [0.25, 0.3) is 0 Å². The number of carbonyl (C=O) groups is 3. The summed E-state index contributed by atoms with van der Waals surface area (Å²) in [6, 6.07) is 6.53. The van der Waals surface area contributed by atoms with Gasteiger partial charge in [-0.15, -0.1) is 0 Å². The van der Waals surface area contributed by atoms with Crippen molar-refractivity contribution < 1.29 is 43.1 Å². The summed E-state index contributed by atoms with van der Waals surface area (Å²) < 4.78 is 22.9. The Hall–Kier alpha value is -3.62. The van der Waals surface area contributed by atoms with Crippen LogP contribution in [0.4, 0.5) is 5.69 Å². The predicted molar refractivity (Wildman–Crippen MR) is 174 cm³/mol. The van der Waals surface area contributed by atoms with Gasteiger partial charge >= 0.3 is 11.9 Å². The molecular formula is C31H44N2O10SSi. The van der Waals surface area contributed by atoms with Crippen molar-refractivity contribution in [3.8, 4) is 11.5 Å². The smallest absolute Gasteiger partial charge is 0.339 e. The molecule has 14 heteroatoms. The molecule has 0 saturated heterocycles. The van der Waals surface area contributed by atoms with Gasteiger partial charge in [-0.1, -0.05) is 20.8 Å².